The molecule has 1 N–H and O–H groups in total. The zero-order chi connectivity index (χ0) is 23.4. The number of nitrogens with one attached hydrogen (secondary N) is 1. The van der Waals surface area contributed by atoms with Crippen LogP contribution in [0.3, 0.4) is 0 Å². The summed E-state index contributed by atoms with van der Waals surface area (Å²) >= 11 is 35.7. The first-order valence-electron chi connectivity index (χ1n) is 9.18. The Morgan fingerprint density at radius 3 is 2.10 bits per heavy atom. The van der Waals surface area contributed by atoms with Gasteiger partial charge >= 0.3 is 0 Å². The Balaban J connectivity index is 3.22. The minimum Gasteiger partial charge on any atom is -0.499 e. The van der Waals surface area contributed by atoms with E-state index >= 15 is 0 Å². The van der Waals surface area contributed by atoms with Gasteiger partial charge in [0.15, 0.2) is 7.59 Å². The van der Waals surface area contributed by atoms with Crippen LogP contribution in [-0.4, -0.2) is 49.4 Å². The van der Waals surface area contributed by atoms with E-state index in [1.165, 1.54) is 13.2 Å². The molecule has 0 fully saturated rings. The number of hydrogen-bond donors (Lipinski definition) is 1. The van der Waals surface area contributed by atoms with Gasteiger partial charge < -0.3 is 10.1 Å². The molecule has 6 nitrogen and oxygen atoms in total. The summed E-state index contributed by atoms with van der Waals surface area (Å²) in [5.74, 6) is -2.51. The average Bonchev–Trinajstić information content (AvgIpc) is 2.93. The predicted molar refractivity (Wildman–Crippen MR) is 121 cm³/mol. The third-order valence-corrected chi connectivity index (χ3v) is 7.09. The predicted octanol–water partition coefficient (Wildman–Crippen LogP) is 4.94. The monoisotopic (exact) mass is 542 g/mol. The van der Waals surface area contributed by atoms with Crippen molar-refractivity contribution in [1.82, 2.24) is 10.2 Å². The molecular formula is C18H24Cl6N2O4. The summed E-state index contributed by atoms with van der Waals surface area (Å²) in [5.41, 5.74) is 0. The van der Waals surface area contributed by atoms with Crippen LogP contribution >= 0.6 is 69.6 Å². The molecule has 1 rings (SSSR count). The second-order valence-electron chi connectivity index (χ2n) is 7.14. The minimum atomic E-state index is -1.66. The van der Waals surface area contributed by atoms with Gasteiger partial charge in [-0.1, -0.05) is 90.4 Å². The van der Waals surface area contributed by atoms with E-state index in [9.17, 15) is 14.4 Å². The summed E-state index contributed by atoms with van der Waals surface area (Å²) in [6, 6.07) is -1.90. The molecule has 0 aromatic carbocycles. The minimum absolute atomic E-state index is 0.000101. The van der Waals surface area contributed by atoms with Crippen LogP contribution < -0.4 is 5.32 Å². The van der Waals surface area contributed by atoms with E-state index in [-0.39, 0.29) is 30.9 Å². The van der Waals surface area contributed by atoms with Crippen LogP contribution in [0.2, 0.25) is 0 Å². The van der Waals surface area contributed by atoms with Crippen molar-refractivity contribution in [2.24, 2.45) is 11.8 Å². The Labute approximate surface area is 206 Å². The molecule has 0 aromatic rings. The molecule has 0 radical (unpaired) electrons. The molecule has 1 aliphatic heterocycles. The van der Waals surface area contributed by atoms with Crippen LogP contribution in [-0.2, 0) is 19.1 Å². The zero-order valence-corrected chi connectivity index (χ0v) is 21.4. The van der Waals surface area contributed by atoms with E-state index in [0.29, 0.717) is 0 Å². The smallest absolute Gasteiger partial charge is 0.257 e. The number of hydrogen-bond acceptors (Lipinski definition) is 4. The highest BCUT2D eigenvalue weighted by atomic mass is 35.6. The third kappa shape index (κ3) is 7.49. The third-order valence-electron chi connectivity index (χ3n) is 4.85. The summed E-state index contributed by atoms with van der Waals surface area (Å²) in [4.78, 5) is 39.0. The number of nitrogens with zero attached hydrogens (tertiary/aromatic N) is 1. The first-order chi connectivity index (χ1) is 13.6. The summed E-state index contributed by atoms with van der Waals surface area (Å²) < 4.78 is 2.00. The molecule has 12 heteroatoms. The van der Waals surface area contributed by atoms with Crippen LogP contribution in [0.15, 0.2) is 11.8 Å². The van der Waals surface area contributed by atoms with E-state index in [1.807, 2.05) is 0 Å². The van der Waals surface area contributed by atoms with Crippen LogP contribution in [0.5, 0.6) is 0 Å². The lowest BCUT2D eigenvalue weighted by atomic mass is 9.98. The molecule has 1 aliphatic rings. The molecule has 3 amide bonds. The average molecular weight is 545 g/mol. The topological polar surface area (TPSA) is 75.7 Å². The fraction of sp³-hybridized carbons (Fsp3) is 0.722. The second kappa shape index (κ2) is 11.2. The Bertz CT molecular complexity index is 689. The van der Waals surface area contributed by atoms with Crippen molar-refractivity contribution in [3.63, 3.8) is 0 Å². The van der Waals surface area contributed by atoms with Gasteiger partial charge in [-0.2, -0.15) is 0 Å². The molecule has 30 heavy (non-hydrogen) atoms. The molecule has 1 heterocycles. The van der Waals surface area contributed by atoms with Crippen molar-refractivity contribution < 1.29 is 19.1 Å². The van der Waals surface area contributed by atoms with Crippen molar-refractivity contribution in [3.8, 4) is 0 Å². The zero-order valence-electron chi connectivity index (χ0n) is 16.9. The highest BCUT2D eigenvalue weighted by Crippen LogP contribution is 2.41. The van der Waals surface area contributed by atoms with Gasteiger partial charge in [0.2, 0.25) is 5.91 Å². The molecule has 0 saturated heterocycles. The molecule has 172 valence electrons. The number of rotatable bonds is 8. The Morgan fingerprint density at radius 2 is 1.67 bits per heavy atom. The van der Waals surface area contributed by atoms with Crippen LogP contribution in [0.4, 0.5) is 0 Å². The van der Waals surface area contributed by atoms with Crippen molar-refractivity contribution in [1.29, 1.82) is 0 Å². The fourth-order valence-corrected chi connectivity index (χ4v) is 3.42. The van der Waals surface area contributed by atoms with Gasteiger partial charge in [0, 0.05) is 24.3 Å². The first kappa shape index (κ1) is 27.9. The van der Waals surface area contributed by atoms with Crippen LogP contribution in [0.25, 0.3) is 0 Å². The number of halogens is 6. The Hall–Kier alpha value is -0.110. The Morgan fingerprint density at radius 1 is 1.13 bits per heavy atom. The van der Waals surface area contributed by atoms with Crippen molar-refractivity contribution in [3.05, 3.63) is 11.8 Å². The number of carbonyl (C=O) groups is 3. The van der Waals surface area contributed by atoms with Gasteiger partial charge in [-0.15, -0.1) is 0 Å². The molecule has 0 spiro atoms. The molecule has 0 bridgehead atoms. The molecular weight excluding hydrogens is 521 g/mol. The summed E-state index contributed by atoms with van der Waals surface area (Å²) in [6.07, 6.45) is 1.47. The molecule has 0 saturated carbocycles. The summed E-state index contributed by atoms with van der Waals surface area (Å²) in [5, 5.41) is 2.60. The SMILES string of the molecule is CCC(=O)N[C@H](C[C@H](C)C(Cl)(Cl)Cl)C(=O)N1C(=O)C=C(OC)[C@@H]1C[C@H](C)C(Cl)(Cl)Cl. The number of methoxy groups -OCH3 is 1. The number of carbonyl (C=O) groups excluding carboxylic acids is 3. The van der Waals surface area contributed by atoms with Crippen molar-refractivity contribution >= 4 is 87.3 Å². The number of ether oxygens (including phenoxy) is 1. The first-order valence-corrected chi connectivity index (χ1v) is 11.5. The second-order valence-corrected chi connectivity index (χ2v) is 11.9. The van der Waals surface area contributed by atoms with E-state index in [2.05, 4.69) is 5.32 Å². The molecule has 0 aromatic heterocycles. The van der Waals surface area contributed by atoms with E-state index in [0.717, 1.165) is 4.90 Å². The lowest BCUT2D eigenvalue weighted by Crippen LogP contribution is -2.53. The highest BCUT2D eigenvalue weighted by molar-refractivity contribution is 6.68. The summed E-state index contributed by atoms with van der Waals surface area (Å²) in [6.45, 7) is 4.93. The quantitative estimate of drug-likeness (QED) is 0.439. The fourth-order valence-electron chi connectivity index (χ4n) is 2.89. The standard InChI is InChI=1S/C18H24Cl6N2O4/c1-5-14(27)25-11(6-9(2)17(19,20)21)16(29)26-12(7-10(3)18(22,23)24)13(30-4)8-15(26)28/h8-12H,5-7H2,1-4H3,(H,25,27)/t9-,10-,11+,12-/m0/s1. The van der Waals surface area contributed by atoms with E-state index in [1.54, 1.807) is 20.8 Å². The maximum Gasteiger partial charge on any atom is 0.257 e. The maximum absolute atomic E-state index is 13.3. The normalized spacial score (nSPS) is 20.5. The molecule has 0 aliphatic carbocycles. The van der Waals surface area contributed by atoms with Gasteiger partial charge in [0.05, 0.1) is 13.2 Å². The van der Waals surface area contributed by atoms with E-state index in [4.69, 9.17) is 74.3 Å². The summed E-state index contributed by atoms with van der Waals surface area (Å²) in [7, 11) is 1.38. The number of imide groups is 1. The lowest BCUT2D eigenvalue weighted by molar-refractivity contribution is -0.146. The largest absolute Gasteiger partial charge is 0.499 e. The molecule has 4 atom stereocenters. The lowest BCUT2D eigenvalue weighted by Gasteiger charge is -2.33. The van der Waals surface area contributed by atoms with Crippen LogP contribution in [0.1, 0.15) is 40.0 Å². The number of alkyl halides is 6. The number of amides is 3. The van der Waals surface area contributed by atoms with E-state index < -0.39 is 43.3 Å². The van der Waals surface area contributed by atoms with Gasteiger partial charge in [-0.25, -0.2) is 0 Å². The highest BCUT2D eigenvalue weighted by Gasteiger charge is 2.45. The maximum atomic E-state index is 13.3. The van der Waals surface area contributed by atoms with Crippen LogP contribution in [0, 0.1) is 11.8 Å². The molecule has 0 unspecified atom stereocenters. The van der Waals surface area contributed by atoms with Gasteiger partial charge in [0.25, 0.3) is 11.8 Å². The van der Waals surface area contributed by atoms with Gasteiger partial charge in [-0.05, 0) is 12.8 Å². The van der Waals surface area contributed by atoms with Gasteiger partial charge in [-0.3, -0.25) is 19.3 Å². The van der Waals surface area contributed by atoms with Crippen molar-refractivity contribution in [2.75, 3.05) is 7.11 Å². The van der Waals surface area contributed by atoms with Crippen molar-refractivity contribution in [2.45, 2.75) is 59.7 Å². The Kier molecular flexibility index (Phi) is 10.4. The van der Waals surface area contributed by atoms with Gasteiger partial charge in [0.1, 0.15) is 11.8 Å².